The molecule has 0 aliphatic carbocycles. The first-order valence-electron chi connectivity index (χ1n) is 5.38. The van der Waals surface area contributed by atoms with Crippen molar-refractivity contribution in [3.63, 3.8) is 0 Å². The molecule has 0 unspecified atom stereocenters. The van der Waals surface area contributed by atoms with Crippen LogP contribution >= 0.6 is 0 Å². The van der Waals surface area contributed by atoms with Crippen molar-refractivity contribution in [2.45, 2.75) is 6.54 Å². The minimum absolute atomic E-state index is 0.0465. The van der Waals surface area contributed by atoms with Crippen LogP contribution in [0.3, 0.4) is 0 Å². The molecule has 0 saturated heterocycles. The molecule has 7 heteroatoms. The van der Waals surface area contributed by atoms with Gasteiger partial charge in [0.05, 0.1) is 35.1 Å². The number of aromatic nitrogens is 1. The number of hydrogen-bond donors (Lipinski definition) is 2. The number of non-ortho nitro benzene ring substituents is 1. The van der Waals surface area contributed by atoms with E-state index in [2.05, 4.69) is 10.3 Å². The molecule has 98 valence electrons. The SMILES string of the molecule is O=[N+]([O-])c1ccc(NCc2ccc(O)cn2)c(F)c1. The molecule has 0 saturated carbocycles. The summed E-state index contributed by atoms with van der Waals surface area (Å²) in [7, 11) is 0. The number of nitro groups is 1. The van der Waals surface area contributed by atoms with Gasteiger partial charge in [-0.05, 0) is 18.2 Å². The van der Waals surface area contributed by atoms with Crippen LogP contribution in [0.1, 0.15) is 5.69 Å². The van der Waals surface area contributed by atoms with E-state index in [1.165, 1.54) is 24.4 Å². The zero-order valence-corrected chi connectivity index (χ0v) is 9.71. The molecule has 0 fully saturated rings. The molecular weight excluding hydrogens is 253 g/mol. The summed E-state index contributed by atoms with van der Waals surface area (Å²) in [5.41, 5.74) is 0.460. The molecule has 1 aromatic carbocycles. The minimum Gasteiger partial charge on any atom is -0.506 e. The summed E-state index contributed by atoms with van der Waals surface area (Å²) in [4.78, 5) is 13.7. The van der Waals surface area contributed by atoms with Gasteiger partial charge in [0.15, 0.2) is 5.82 Å². The number of benzene rings is 1. The number of nitro benzene ring substituents is 1. The topological polar surface area (TPSA) is 88.3 Å². The van der Waals surface area contributed by atoms with E-state index in [0.717, 1.165) is 6.07 Å². The predicted molar refractivity (Wildman–Crippen MR) is 66.3 cm³/mol. The highest BCUT2D eigenvalue weighted by Gasteiger charge is 2.10. The van der Waals surface area contributed by atoms with E-state index in [-0.39, 0.29) is 23.7 Å². The fourth-order valence-corrected chi connectivity index (χ4v) is 1.47. The lowest BCUT2D eigenvalue weighted by Crippen LogP contribution is -2.03. The van der Waals surface area contributed by atoms with Crippen molar-refractivity contribution in [1.29, 1.82) is 0 Å². The number of halogens is 1. The van der Waals surface area contributed by atoms with Gasteiger partial charge in [-0.15, -0.1) is 0 Å². The van der Waals surface area contributed by atoms with Gasteiger partial charge in [-0.1, -0.05) is 0 Å². The molecule has 2 rings (SSSR count). The first-order valence-corrected chi connectivity index (χ1v) is 5.38. The Labute approximate surface area is 107 Å². The maximum Gasteiger partial charge on any atom is 0.272 e. The van der Waals surface area contributed by atoms with E-state index >= 15 is 0 Å². The summed E-state index contributed by atoms with van der Waals surface area (Å²) < 4.78 is 13.5. The summed E-state index contributed by atoms with van der Waals surface area (Å²) in [6.07, 6.45) is 1.28. The maximum atomic E-state index is 13.5. The van der Waals surface area contributed by atoms with E-state index in [1.54, 1.807) is 6.07 Å². The number of nitrogens with zero attached hydrogens (tertiary/aromatic N) is 2. The predicted octanol–water partition coefficient (Wildman–Crippen LogP) is 2.45. The molecule has 2 aromatic rings. The highest BCUT2D eigenvalue weighted by Crippen LogP contribution is 2.21. The summed E-state index contributed by atoms with van der Waals surface area (Å²) in [6, 6.07) is 6.43. The Hall–Kier alpha value is -2.70. The lowest BCUT2D eigenvalue weighted by atomic mass is 10.2. The quantitative estimate of drug-likeness (QED) is 0.653. The molecule has 0 bridgehead atoms. The molecule has 0 amide bonds. The molecule has 1 heterocycles. The third kappa shape index (κ3) is 3.15. The number of rotatable bonds is 4. The van der Waals surface area contributed by atoms with Crippen LogP contribution in [-0.2, 0) is 6.54 Å². The van der Waals surface area contributed by atoms with Crippen LogP contribution in [0.25, 0.3) is 0 Å². The van der Waals surface area contributed by atoms with Gasteiger partial charge < -0.3 is 10.4 Å². The van der Waals surface area contributed by atoms with Crippen molar-refractivity contribution in [2.24, 2.45) is 0 Å². The van der Waals surface area contributed by atoms with Crippen LogP contribution in [0, 0.1) is 15.9 Å². The van der Waals surface area contributed by atoms with E-state index in [1.807, 2.05) is 0 Å². The van der Waals surface area contributed by atoms with Gasteiger partial charge in [0, 0.05) is 6.07 Å². The Morgan fingerprint density at radius 1 is 1.37 bits per heavy atom. The van der Waals surface area contributed by atoms with E-state index < -0.39 is 10.7 Å². The molecule has 6 nitrogen and oxygen atoms in total. The van der Waals surface area contributed by atoms with Gasteiger partial charge in [-0.2, -0.15) is 0 Å². The Morgan fingerprint density at radius 3 is 2.74 bits per heavy atom. The average Bonchev–Trinajstić information content (AvgIpc) is 2.39. The third-order valence-corrected chi connectivity index (χ3v) is 2.43. The van der Waals surface area contributed by atoms with Crippen LogP contribution < -0.4 is 5.32 Å². The second kappa shape index (κ2) is 5.30. The fraction of sp³-hybridized carbons (Fsp3) is 0.0833. The second-order valence-corrected chi connectivity index (χ2v) is 3.78. The smallest absolute Gasteiger partial charge is 0.272 e. The van der Waals surface area contributed by atoms with E-state index in [4.69, 9.17) is 5.11 Å². The molecular formula is C12H10FN3O3. The Balaban J connectivity index is 2.07. The van der Waals surface area contributed by atoms with Crippen molar-refractivity contribution in [1.82, 2.24) is 4.98 Å². The Kier molecular flexibility index (Phi) is 3.56. The van der Waals surface area contributed by atoms with Crippen molar-refractivity contribution < 1.29 is 14.4 Å². The summed E-state index contributed by atoms with van der Waals surface area (Å²) >= 11 is 0. The zero-order chi connectivity index (χ0) is 13.8. The fourth-order valence-electron chi connectivity index (χ4n) is 1.47. The molecule has 0 aliphatic heterocycles. The molecule has 0 spiro atoms. The number of pyridine rings is 1. The standard InChI is InChI=1S/C12H10FN3O3/c13-11-5-9(16(18)19)2-4-12(11)15-6-8-1-3-10(17)7-14-8/h1-5,7,15,17H,6H2. The van der Waals surface area contributed by atoms with Crippen molar-refractivity contribution in [3.8, 4) is 5.75 Å². The van der Waals surface area contributed by atoms with E-state index in [9.17, 15) is 14.5 Å². The molecule has 0 aliphatic rings. The first-order chi connectivity index (χ1) is 9.06. The van der Waals surface area contributed by atoms with Gasteiger partial charge >= 0.3 is 0 Å². The largest absolute Gasteiger partial charge is 0.506 e. The van der Waals surface area contributed by atoms with Crippen LogP contribution in [0.4, 0.5) is 15.8 Å². The zero-order valence-electron chi connectivity index (χ0n) is 9.71. The summed E-state index contributed by atoms with van der Waals surface area (Å²) in [5.74, 6) is -0.654. The van der Waals surface area contributed by atoms with Crippen LogP contribution in [-0.4, -0.2) is 15.0 Å². The van der Waals surface area contributed by atoms with Crippen LogP contribution in [0.2, 0.25) is 0 Å². The van der Waals surface area contributed by atoms with Gasteiger partial charge in [0.2, 0.25) is 0 Å². The van der Waals surface area contributed by atoms with Crippen molar-refractivity contribution >= 4 is 11.4 Å². The molecule has 0 atom stereocenters. The summed E-state index contributed by atoms with van der Waals surface area (Å²) in [5, 5.41) is 22.3. The van der Waals surface area contributed by atoms with Gasteiger partial charge in [0.1, 0.15) is 5.75 Å². The van der Waals surface area contributed by atoms with Crippen LogP contribution in [0.15, 0.2) is 36.5 Å². The van der Waals surface area contributed by atoms with Gasteiger partial charge in [0.25, 0.3) is 5.69 Å². The number of nitrogens with one attached hydrogen (secondary N) is 1. The number of hydrogen-bond acceptors (Lipinski definition) is 5. The molecule has 2 N–H and O–H groups in total. The normalized spacial score (nSPS) is 10.2. The maximum absolute atomic E-state index is 13.5. The average molecular weight is 263 g/mol. The van der Waals surface area contributed by atoms with E-state index in [0.29, 0.717) is 5.69 Å². The lowest BCUT2D eigenvalue weighted by Gasteiger charge is -2.06. The third-order valence-electron chi connectivity index (χ3n) is 2.43. The number of anilines is 1. The Morgan fingerprint density at radius 2 is 2.16 bits per heavy atom. The monoisotopic (exact) mass is 263 g/mol. The molecule has 1 aromatic heterocycles. The minimum atomic E-state index is -0.701. The highest BCUT2D eigenvalue weighted by molar-refractivity contribution is 5.50. The van der Waals surface area contributed by atoms with Crippen molar-refractivity contribution in [3.05, 3.63) is 58.2 Å². The van der Waals surface area contributed by atoms with Crippen molar-refractivity contribution in [2.75, 3.05) is 5.32 Å². The Bertz CT molecular complexity index is 602. The van der Waals surface area contributed by atoms with Crippen LogP contribution in [0.5, 0.6) is 5.75 Å². The lowest BCUT2D eigenvalue weighted by molar-refractivity contribution is -0.385. The van der Waals surface area contributed by atoms with Gasteiger partial charge in [-0.3, -0.25) is 15.1 Å². The highest BCUT2D eigenvalue weighted by atomic mass is 19.1. The molecule has 19 heavy (non-hydrogen) atoms. The number of aromatic hydroxyl groups is 1. The molecule has 0 radical (unpaired) electrons. The first kappa shape index (κ1) is 12.7. The summed E-state index contributed by atoms with van der Waals surface area (Å²) in [6.45, 7) is 0.245. The van der Waals surface area contributed by atoms with Gasteiger partial charge in [-0.25, -0.2) is 4.39 Å². The second-order valence-electron chi connectivity index (χ2n) is 3.78.